The van der Waals surface area contributed by atoms with Gasteiger partial charge in [0.1, 0.15) is 12.1 Å². The molecule has 1 aromatic carbocycles. The molecule has 2 rings (SSSR count). The SMILES string of the molecule is CC(=C[C@H](C(C)C)N(C)C(=O)[C@@H](NC(=O)[C@@H]1N(C)[C@H](c2ccccc2)SC1(C)C)C(C)(C)C)C(=O)O. The van der Waals surface area contributed by atoms with Gasteiger partial charge in [0.2, 0.25) is 11.8 Å². The predicted molar refractivity (Wildman–Crippen MR) is 147 cm³/mol. The van der Waals surface area contributed by atoms with Gasteiger partial charge in [-0.3, -0.25) is 14.5 Å². The van der Waals surface area contributed by atoms with Gasteiger partial charge in [-0.15, -0.1) is 11.8 Å². The Morgan fingerprint density at radius 1 is 1.17 bits per heavy atom. The number of carbonyl (C=O) groups excluding carboxylic acids is 2. The van der Waals surface area contributed by atoms with Crippen molar-refractivity contribution in [2.24, 2.45) is 11.3 Å². The number of carbonyl (C=O) groups is 3. The maximum Gasteiger partial charge on any atom is 0.331 e. The van der Waals surface area contributed by atoms with E-state index in [1.807, 2.05) is 59.9 Å². The normalized spacial score (nSPS) is 22.2. The summed E-state index contributed by atoms with van der Waals surface area (Å²) in [7, 11) is 3.63. The number of nitrogens with zero attached hydrogens (tertiary/aromatic N) is 2. The Morgan fingerprint density at radius 3 is 2.19 bits per heavy atom. The van der Waals surface area contributed by atoms with Gasteiger partial charge in [0.05, 0.1) is 11.4 Å². The molecule has 1 aliphatic heterocycles. The van der Waals surface area contributed by atoms with E-state index in [9.17, 15) is 19.5 Å². The van der Waals surface area contributed by atoms with Crippen molar-refractivity contribution < 1.29 is 19.5 Å². The Kier molecular flexibility index (Phi) is 9.46. The summed E-state index contributed by atoms with van der Waals surface area (Å²) in [5.74, 6) is -1.45. The van der Waals surface area contributed by atoms with Gasteiger partial charge in [-0.1, -0.05) is 71.0 Å². The van der Waals surface area contributed by atoms with Crippen LogP contribution in [0, 0.1) is 11.3 Å². The maximum atomic E-state index is 13.8. The minimum Gasteiger partial charge on any atom is -0.478 e. The van der Waals surface area contributed by atoms with Gasteiger partial charge >= 0.3 is 5.97 Å². The largest absolute Gasteiger partial charge is 0.478 e. The third kappa shape index (κ3) is 6.71. The van der Waals surface area contributed by atoms with Crippen LogP contribution in [0.2, 0.25) is 0 Å². The summed E-state index contributed by atoms with van der Waals surface area (Å²) < 4.78 is -0.376. The molecule has 7 nitrogen and oxygen atoms in total. The Balaban J connectivity index is 2.34. The van der Waals surface area contributed by atoms with Crippen LogP contribution in [0.15, 0.2) is 42.0 Å². The molecule has 0 unspecified atom stereocenters. The fraction of sp³-hybridized carbons (Fsp3) is 0.607. The molecule has 0 radical (unpaired) electrons. The molecule has 8 heteroatoms. The van der Waals surface area contributed by atoms with E-state index in [1.165, 1.54) is 6.92 Å². The zero-order chi connectivity index (χ0) is 27.6. The van der Waals surface area contributed by atoms with Gasteiger partial charge < -0.3 is 15.3 Å². The lowest BCUT2D eigenvalue weighted by molar-refractivity contribution is -0.141. The van der Waals surface area contributed by atoms with Crippen molar-refractivity contribution in [1.29, 1.82) is 0 Å². The van der Waals surface area contributed by atoms with E-state index in [-0.39, 0.29) is 33.4 Å². The minimum absolute atomic E-state index is 0.00695. The van der Waals surface area contributed by atoms with E-state index in [4.69, 9.17) is 0 Å². The summed E-state index contributed by atoms with van der Waals surface area (Å²) in [4.78, 5) is 42.6. The van der Waals surface area contributed by atoms with E-state index in [1.54, 1.807) is 29.8 Å². The van der Waals surface area contributed by atoms with Gasteiger partial charge in [0.25, 0.3) is 0 Å². The van der Waals surface area contributed by atoms with Gasteiger partial charge in [-0.25, -0.2) is 4.79 Å². The van der Waals surface area contributed by atoms with Crippen LogP contribution in [0.5, 0.6) is 0 Å². The van der Waals surface area contributed by atoms with E-state index in [2.05, 4.69) is 36.2 Å². The van der Waals surface area contributed by atoms with Gasteiger partial charge in [0.15, 0.2) is 0 Å². The monoisotopic (exact) mass is 517 g/mol. The molecule has 1 fully saturated rings. The third-order valence-electron chi connectivity index (χ3n) is 6.82. The lowest BCUT2D eigenvalue weighted by Gasteiger charge is -2.39. The molecular formula is C28H43N3O4S. The first-order valence-electron chi connectivity index (χ1n) is 12.4. The molecule has 0 bridgehead atoms. The molecular weight excluding hydrogens is 474 g/mol. The van der Waals surface area contributed by atoms with Crippen LogP contribution in [-0.4, -0.2) is 69.7 Å². The molecule has 0 spiro atoms. The Morgan fingerprint density at radius 2 is 1.72 bits per heavy atom. The summed E-state index contributed by atoms with van der Waals surface area (Å²) in [5, 5.41) is 12.5. The second-order valence-corrected chi connectivity index (χ2v) is 13.4. The van der Waals surface area contributed by atoms with Crippen molar-refractivity contribution in [1.82, 2.24) is 15.1 Å². The number of thioether (sulfide) groups is 1. The first-order chi connectivity index (χ1) is 16.5. The minimum atomic E-state index is -1.01. The number of carboxylic acids is 1. The van der Waals surface area contributed by atoms with Gasteiger partial charge in [-0.05, 0) is 44.7 Å². The van der Waals surface area contributed by atoms with Crippen molar-refractivity contribution in [2.75, 3.05) is 14.1 Å². The Labute approximate surface area is 220 Å². The van der Waals surface area contributed by atoms with Crippen LogP contribution in [0.25, 0.3) is 0 Å². The number of hydrogen-bond acceptors (Lipinski definition) is 5. The Hall–Kier alpha value is -2.32. The number of likely N-dealkylation sites (N-methyl/N-ethyl adjacent to an activating group) is 2. The van der Waals surface area contributed by atoms with Crippen LogP contribution >= 0.6 is 11.8 Å². The maximum absolute atomic E-state index is 13.8. The van der Waals surface area contributed by atoms with Crippen LogP contribution in [0.3, 0.4) is 0 Å². The first kappa shape index (κ1) is 29.9. The van der Waals surface area contributed by atoms with Gasteiger partial charge in [-0.2, -0.15) is 0 Å². The second-order valence-electron chi connectivity index (χ2n) is 11.7. The number of benzene rings is 1. The van der Waals surface area contributed by atoms with Crippen LogP contribution < -0.4 is 5.32 Å². The Bertz CT molecular complexity index is 984. The van der Waals surface area contributed by atoms with Crippen molar-refractivity contribution in [3.63, 3.8) is 0 Å². The third-order valence-corrected chi connectivity index (χ3v) is 8.48. The quantitative estimate of drug-likeness (QED) is 0.492. The predicted octanol–water partition coefficient (Wildman–Crippen LogP) is 4.56. The number of nitrogens with one attached hydrogen (secondary N) is 1. The number of rotatable bonds is 8. The molecule has 2 N–H and O–H groups in total. The van der Waals surface area contributed by atoms with E-state index in [0.29, 0.717) is 0 Å². The van der Waals surface area contributed by atoms with Crippen molar-refractivity contribution >= 4 is 29.5 Å². The molecule has 1 heterocycles. The smallest absolute Gasteiger partial charge is 0.331 e. The van der Waals surface area contributed by atoms with Crippen molar-refractivity contribution in [3.8, 4) is 0 Å². The summed E-state index contributed by atoms with van der Waals surface area (Å²) in [5.41, 5.74) is 0.765. The number of aliphatic carboxylic acids is 1. The molecule has 200 valence electrons. The molecule has 1 aromatic rings. The van der Waals surface area contributed by atoms with E-state index in [0.717, 1.165) is 5.56 Å². The fourth-order valence-electron chi connectivity index (χ4n) is 4.78. The first-order valence-corrected chi connectivity index (χ1v) is 13.3. The van der Waals surface area contributed by atoms with Crippen molar-refractivity contribution in [3.05, 3.63) is 47.5 Å². The van der Waals surface area contributed by atoms with E-state index >= 15 is 0 Å². The fourth-order valence-corrected chi connectivity index (χ4v) is 6.34. The summed E-state index contributed by atoms with van der Waals surface area (Å²) in [6.07, 6.45) is 1.61. The topological polar surface area (TPSA) is 90.0 Å². The van der Waals surface area contributed by atoms with Crippen LogP contribution in [0.1, 0.15) is 66.3 Å². The number of amides is 2. The highest BCUT2D eigenvalue weighted by atomic mass is 32.2. The van der Waals surface area contributed by atoms with E-state index < -0.39 is 29.5 Å². The second kappa shape index (κ2) is 11.4. The zero-order valence-electron chi connectivity index (χ0n) is 23.3. The molecule has 36 heavy (non-hydrogen) atoms. The van der Waals surface area contributed by atoms with Crippen LogP contribution in [-0.2, 0) is 14.4 Å². The lowest BCUT2D eigenvalue weighted by Crippen LogP contribution is -2.60. The highest BCUT2D eigenvalue weighted by Crippen LogP contribution is 2.51. The summed E-state index contributed by atoms with van der Waals surface area (Å²) in [6.45, 7) is 15.3. The highest BCUT2D eigenvalue weighted by Gasteiger charge is 2.51. The molecule has 1 aliphatic rings. The lowest BCUT2D eigenvalue weighted by atomic mass is 9.84. The molecule has 2 amide bonds. The zero-order valence-corrected chi connectivity index (χ0v) is 24.1. The van der Waals surface area contributed by atoms with Crippen LogP contribution in [0.4, 0.5) is 0 Å². The molecule has 4 atom stereocenters. The molecule has 1 saturated heterocycles. The molecule has 0 saturated carbocycles. The summed E-state index contributed by atoms with van der Waals surface area (Å²) >= 11 is 1.74. The standard InChI is InChI=1S/C28H43N3O4S/c1-17(2)20(16-18(3)26(34)35)30(9)24(33)21(27(4,5)6)29-23(32)22-28(7,8)36-25(31(22)10)19-14-12-11-13-15-19/h11-17,20-22,25H,1-10H3,(H,29,32)(H,34,35)/t20-,21-,22+,25+/m1/s1. The average Bonchev–Trinajstić information content (AvgIpc) is 3.02. The number of carboxylic acid groups (broad SMARTS) is 1. The molecule has 0 aliphatic carbocycles. The average molecular weight is 518 g/mol. The highest BCUT2D eigenvalue weighted by molar-refractivity contribution is 8.01. The summed E-state index contributed by atoms with van der Waals surface area (Å²) in [6, 6.07) is 8.48. The molecule has 0 aromatic heterocycles. The van der Waals surface area contributed by atoms with Gasteiger partial charge in [0, 0.05) is 17.4 Å². The van der Waals surface area contributed by atoms with Crippen molar-refractivity contribution in [2.45, 2.75) is 83.6 Å². The number of hydrogen-bond donors (Lipinski definition) is 2.